The zero-order valence-corrected chi connectivity index (χ0v) is 21.5. The average molecular weight is 524 g/mol. The van der Waals surface area contributed by atoms with Crippen molar-refractivity contribution in [2.24, 2.45) is 5.16 Å². The van der Waals surface area contributed by atoms with E-state index in [4.69, 9.17) is 9.57 Å². The monoisotopic (exact) mass is 523 g/mol. The van der Waals surface area contributed by atoms with E-state index in [1.54, 1.807) is 13.3 Å². The van der Waals surface area contributed by atoms with E-state index in [-0.39, 0.29) is 5.84 Å². The molecule has 3 aromatic rings. The van der Waals surface area contributed by atoms with Gasteiger partial charge in [-0.05, 0) is 69.0 Å². The van der Waals surface area contributed by atoms with E-state index < -0.39 is 26.4 Å². The lowest BCUT2D eigenvalue weighted by atomic mass is 10.0. The van der Waals surface area contributed by atoms with Crippen molar-refractivity contribution in [1.29, 1.82) is 0 Å². The summed E-state index contributed by atoms with van der Waals surface area (Å²) in [6, 6.07) is 8.48. The van der Waals surface area contributed by atoms with Crippen LogP contribution in [0.25, 0.3) is 11.8 Å². The molecule has 192 valence electrons. The van der Waals surface area contributed by atoms with Crippen LogP contribution >= 0.6 is 0 Å². The van der Waals surface area contributed by atoms with Crippen molar-refractivity contribution < 1.29 is 22.4 Å². The number of aromatic nitrogens is 3. The Bertz CT molecular complexity index is 1560. The first-order valence-electron chi connectivity index (χ1n) is 12.1. The van der Waals surface area contributed by atoms with Gasteiger partial charge in [-0.1, -0.05) is 11.2 Å². The zero-order valence-electron chi connectivity index (χ0n) is 20.7. The van der Waals surface area contributed by atoms with Crippen molar-refractivity contribution in [2.75, 3.05) is 6.61 Å². The number of benzene rings is 1. The molecule has 1 aliphatic carbocycles. The third-order valence-corrected chi connectivity index (χ3v) is 9.81. The van der Waals surface area contributed by atoms with Crippen molar-refractivity contribution in [2.45, 2.75) is 50.5 Å². The predicted octanol–water partition coefficient (Wildman–Crippen LogP) is 4.28. The Morgan fingerprint density at radius 3 is 2.68 bits per heavy atom. The van der Waals surface area contributed by atoms with Gasteiger partial charge in [-0.2, -0.15) is 4.39 Å². The second-order valence-electron chi connectivity index (χ2n) is 9.74. The van der Waals surface area contributed by atoms with Crippen LogP contribution in [-0.4, -0.2) is 44.4 Å². The van der Waals surface area contributed by atoms with E-state index in [1.807, 2.05) is 48.9 Å². The highest BCUT2D eigenvalue weighted by Gasteiger charge is 2.67. The van der Waals surface area contributed by atoms with Crippen LogP contribution in [0, 0.1) is 12.9 Å². The molecule has 2 fully saturated rings. The Kier molecular flexibility index (Phi) is 5.20. The molecule has 1 saturated heterocycles. The fourth-order valence-corrected chi connectivity index (χ4v) is 7.34. The molecule has 1 aromatic carbocycles. The summed E-state index contributed by atoms with van der Waals surface area (Å²) in [6.45, 7) is 5.95. The van der Waals surface area contributed by atoms with E-state index in [9.17, 15) is 12.8 Å². The maximum atomic E-state index is 13.8. The lowest BCUT2D eigenvalue weighted by molar-refractivity contribution is -0.0615. The first-order chi connectivity index (χ1) is 17.7. The lowest BCUT2D eigenvalue weighted by Gasteiger charge is -2.39. The number of halogens is 1. The third kappa shape index (κ3) is 3.63. The van der Waals surface area contributed by atoms with Gasteiger partial charge in [0, 0.05) is 30.5 Å². The lowest BCUT2D eigenvalue weighted by Crippen LogP contribution is -2.55. The highest BCUT2D eigenvalue weighted by atomic mass is 32.2. The van der Waals surface area contributed by atoms with Crippen molar-refractivity contribution >= 4 is 21.9 Å². The topological polar surface area (TPSA) is 98.9 Å². The number of pyridine rings is 1. The number of rotatable bonds is 5. The van der Waals surface area contributed by atoms with Gasteiger partial charge in [-0.15, -0.1) is 0 Å². The molecule has 2 aromatic heterocycles. The Balaban J connectivity index is 1.43. The van der Waals surface area contributed by atoms with Crippen molar-refractivity contribution in [3.05, 3.63) is 77.4 Å². The summed E-state index contributed by atoms with van der Waals surface area (Å²) >= 11 is 0. The van der Waals surface area contributed by atoms with E-state index in [2.05, 4.69) is 15.1 Å². The molecule has 11 heteroatoms. The van der Waals surface area contributed by atoms with Crippen LogP contribution in [0.4, 0.5) is 4.39 Å². The van der Waals surface area contributed by atoms with Gasteiger partial charge in [0.15, 0.2) is 5.84 Å². The molecule has 1 spiro atoms. The van der Waals surface area contributed by atoms with Gasteiger partial charge in [0.2, 0.25) is 21.7 Å². The van der Waals surface area contributed by atoms with Crippen molar-refractivity contribution in [1.82, 2.24) is 18.8 Å². The largest absolute Gasteiger partial charge is 0.492 e. The average Bonchev–Trinajstić information content (AvgIpc) is 3.37. The molecule has 6 rings (SSSR count). The SMILES string of the molecule is CCOc1cc(C=C2CC3(CC3)S(=O)(=O)N3C2=NOC3(C)c2ccc(F)nc2)ccc1-n1cnc(C)c1. The molecule has 4 heterocycles. The molecule has 0 amide bonds. The van der Waals surface area contributed by atoms with Gasteiger partial charge in [-0.3, -0.25) is 0 Å². The fraction of sp³-hybridized carbons (Fsp3) is 0.346. The first kappa shape index (κ1) is 23.7. The molecule has 0 bridgehead atoms. The Hall–Kier alpha value is -3.73. The standard InChI is InChI=1S/C26H26FN5O4S/c1-4-35-22-12-18(5-7-21(22)31-15-17(2)29-16-31)11-19-13-26(9-10-26)37(33,34)32-24(19)30-36-25(32,3)20-6-8-23(27)28-14-20/h5-8,11-12,14-16H,4,9-10,13H2,1-3H3. The second-order valence-corrected chi connectivity index (χ2v) is 11.9. The fourth-order valence-electron chi connectivity index (χ4n) is 5.02. The summed E-state index contributed by atoms with van der Waals surface area (Å²) in [6.07, 6.45) is 8.32. The second kappa shape index (κ2) is 8.14. The van der Waals surface area contributed by atoms with Gasteiger partial charge in [0.25, 0.3) is 0 Å². The summed E-state index contributed by atoms with van der Waals surface area (Å²) in [5.74, 6) is 0.255. The Labute approximate surface area is 214 Å². The number of amidine groups is 1. The minimum atomic E-state index is -3.80. The third-order valence-electron chi connectivity index (χ3n) is 7.16. The number of hydrogen-bond donors (Lipinski definition) is 0. The summed E-state index contributed by atoms with van der Waals surface area (Å²) < 4.78 is 49.3. The molecule has 37 heavy (non-hydrogen) atoms. The van der Waals surface area contributed by atoms with Gasteiger partial charge in [0.1, 0.15) is 5.75 Å². The van der Waals surface area contributed by atoms with E-state index in [0.29, 0.717) is 37.2 Å². The number of nitrogens with zero attached hydrogens (tertiary/aromatic N) is 5. The van der Waals surface area contributed by atoms with Crippen molar-refractivity contribution in [3.63, 3.8) is 0 Å². The minimum Gasteiger partial charge on any atom is -0.492 e. The van der Waals surface area contributed by atoms with E-state index in [0.717, 1.165) is 22.5 Å². The number of fused-ring (bicyclic) bond motifs is 1. The molecule has 0 radical (unpaired) electrons. The Morgan fingerprint density at radius 1 is 1.22 bits per heavy atom. The number of aryl methyl sites for hydroxylation is 1. The molecule has 0 N–H and O–H groups in total. The molecule has 9 nitrogen and oxygen atoms in total. The number of ether oxygens (including phenoxy) is 1. The molecular formula is C26H26FN5O4S. The maximum absolute atomic E-state index is 13.8. The van der Waals surface area contributed by atoms with Gasteiger partial charge >= 0.3 is 0 Å². The molecule has 1 saturated carbocycles. The molecule has 1 atom stereocenters. The van der Waals surface area contributed by atoms with Crippen LogP contribution in [0.2, 0.25) is 0 Å². The van der Waals surface area contributed by atoms with Gasteiger partial charge in [-0.25, -0.2) is 22.7 Å². The van der Waals surface area contributed by atoms with Crippen LogP contribution in [0.15, 0.2) is 59.8 Å². The summed E-state index contributed by atoms with van der Waals surface area (Å²) in [5.41, 5.74) is 2.27. The molecule has 1 unspecified atom stereocenters. The zero-order chi connectivity index (χ0) is 26.0. The Morgan fingerprint density at radius 2 is 2.03 bits per heavy atom. The highest BCUT2D eigenvalue weighted by molar-refractivity contribution is 7.91. The van der Waals surface area contributed by atoms with E-state index >= 15 is 0 Å². The number of sulfonamides is 1. The van der Waals surface area contributed by atoms with Gasteiger partial charge < -0.3 is 14.1 Å². The first-order valence-corrected chi connectivity index (χ1v) is 13.5. The minimum absolute atomic E-state index is 0.233. The van der Waals surface area contributed by atoms with E-state index in [1.165, 1.54) is 22.6 Å². The maximum Gasteiger partial charge on any atom is 0.248 e. The normalized spacial score (nSPS) is 24.1. The van der Waals surface area contributed by atoms with Crippen LogP contribution in [-0.2, 0) is 20.6 Å². The quantitative estimate of drug-likeness (QED) is 0.463. The van der Waals surface area contributed by atoms with Gasteiger partial charge in [0.05, 0.1) is 29.1 Å². The molecule has 2 aliphatic heterocycles. The van der Waals surface area contributed by atoms with Crippen LogP contribution in [0.5, 0.6) is 5.75 Å². The predicted molar refractivity (Wildman–Crippen MR) is 135 cm³/mol. The summed E-state index contributed by atoms with van der Waals surface area (Å²) in [5, 5.41) is 4.23. The van der Waals surface area contributed by atoms with Crippen LogP contribution in [0.1, 0.15) is 49.9 Å². The molecule has 3 aliphatic rings. The number of imidazole rings is 1. The van der Waals surface area contributed by atoms with Crippen LogP contribution in [0.3, 0.4) is 0 Å². The smallest absolute Gasteiger partial charge is 0.248 e. The van der Waals surface area contributed by atoms with Crippen LogP contribution < -0.4 is 4.74 Å². The highest BCUT2D eigenvalue weighted by Crippen LogP contribution is 2.57. The molecular weight excluding hydrogens is 497 g/mol. The summed E-state index contributed by atoms with van der Waals surface area (Å²) in [4.78, 5) is 13.8. The summed E-state index contributed by atoms with van der Waals surface area (Å²) in [7, 11) is -3.80. The number of oxime groups is 1. The number of hydrogen-bond acceptors (Lipinski definition) is 7. The van der Waals surface area contributed by atoms with Crippen molar-refractivity contribution in [3.8, 4) is 11.4 Å².